The quantitative estimate of drug-likeness (QED) is 0.333. The van der Waals surface area contributed by atoms with Gasteiger partial charge in [-0.05, 0) is 53.7 Å². The van der Waals surface area contributed by atoms with E-state index in [1.807, 2.05) is 35.4 Å². The third kappa shape index (κ3) is 4.00. The van der Waals surface area contributed by atoms with E-state index in [1.54, 1.807) is 18.5 Å². The van der Waals surface area contributed by atoms with Crippen molar-refractivity contribution in [2.24, 2.45) is 0 Å². The molecule has 1 atom stereocenters. The van der Waals surface area contributed by atoms with E-state index < -0.39 is 5.91 Å². The molecule has 30 heavy (non-hydrogen) atoms. The minimum absolute atomic E-state index is 0.0708. The number of amides is 2. The Bertz CT molecular complexity index is 1120. The molecule has 0 saturated carbocycles. The molecule has 0 aliphatic heterocycles. The first-order valence-corrected chi connectivity index (χ1v) is 10.1. The molecule has 0 saturated heterocycles. The summed E-state index contributed by atoms with van der Waals surface area (Å²) in [5.41, 5.74) is 7.19. The maximum absolute atomic E-state index is 12.5. The van der Waals surface area contributed by atoms with Crippen molar-refractivity contribution in [3.8, 4) is 0 Å². The van der Waals surface area contributed by atoms with E-state index in [1.165, 1.54) is 28.2 Å². The Morgan fingerprint density at radius 3 is 2.90 bits per heavy atom. The molecule has 0 bridgehead atoms. The average Bonchev–Trinajstić information content (AvgIpc) is 3.36. The van der Waals surface area contributed by atoms with E-state index in [0.717, 1.165) is 30.3 Å². The third-order valence-electron chi connectivity index (χ3n) is 5.83. The highest BCUT2D eigenvalue weighted by molar-refractivity contribution is 5.90. The molecule has 3 N–H and O–H groups in total. The number of nitrogens with zero attached hydrogens (tertiary/aromatic N) is 1. The maximum Gasteiger partial charge on any atom is 0.267 e. The first-order chi connectivity index (χ1) is 14.6. The zero-order valence-corrected chi connectivity index (χ0v) is 16.9. The molecule has 6 nitrogen and oxygen atoms in total. The number of aromatic amines is 1. The summed E-state index contributed by atoms with van der Waals surface area (Å²) in [4.78, 5) is 28.9. The van der Waals surface area contributed by atoms with Gasteiger partial charge < -0.3 is 9.88 Å². The molecule has 1 aliphatic rings. The fourth-order valence-electron chi connectivity index (χ4n) is 4.36. The highest BCUT2D eigenvalue weighted by atomic mass is 16.5. The second-order valence-corrected chi connectivity index (χ2v) is 7.64. The van der Waals surface area contributed by atoms with E-state index in [9.17, 15) is 9.59 Å². The Hall–Kier alpha value is -3.38. The number of hydroxylamine groups is 1. The minimum Gasteiger partial charge on any atom is -0.361 e. The topological polar surface area (TPSA) is 85.4 Å². The highest BCUT2D eigenvalue weighted by Crippen LogP contribution is 2.37. The smallest absolute Gasteiger partial charge is 0.267 e. The van der Waals surface area contributed by atoms with Crippen LogP contribution in [0.5, 0.6) is 0 Å². The van der Waals surface area contributed by atoms with Crippen molar-refractivity contribution in [1.29, 1.82) is 0 Å². The van der Waals surface area contributed by atoms with Gasteiger partial charge in [0.25, 0.3) is 5.91 Å². The van der Waals surface area contributed by atoms with E-state index in [4.69, 9.17) is 5.21 Å². The van der Waals surface area contributed by atoms with Crippen LogP contribution in [0.3, 0.4) is 0 Å². The number of aromatic nitrogens is 1. The Morgan fingerprint density at radius 2 is 2.10 bits per heavy atom. The number of H-pyrrole nitrogens is 1. The number of nitrogens with one attached hydrogen (secondary N) is 2. The van der Waals surface area contributed by atoms with Crippen LogP contribution >= 0.6 is 0 Å². The van der Waals surface area contributed by atoms with Gasteiger partial charge in [-0.25, -0.2) is 5.48 Å². The monoisotopic (exact) mass is 403 g/mol. The van der Waals surface area contributed by atoms with Gasteiger partial charge in [-0.2, -0.15) is 0 Å². The summed E-state index contributed by atoms with van der Waals surface area (Å²) < 4.78 is 0. The first-order valence-electron chi connectivity index (χ1n) is 10.1. The van der Waals surface area contributed by atoms with Crippen molar-refractivity contribution in [2.75, 3.05) is 6.54 Å². The number of hydrogen-bond donors (Lipinski definition) is 3. The number of fused-ring (bicyclic) bond motifs is 2. The van der Waals surface area contributed by atoms with Crippen LogP contribution in [0.4, 0.5) is 0 Å². The van der Waals surface area contributed by atoms with Crippen LogP contribution < -0.4 is 5.48 Å². The molecule has 1 unspecified atom stereocenters. The molecule has 0 fully saturated rings. The van der Waals surface area contributed by atoms with Crippen molar-refractivity contribution in [1.82, 2.24) is 15.4 Å². The van der Waals surface area contributed by atoms with E-state index in [0.29, 0.717) is 6.54 Å². The highest BCUT2D eigenvalue weighted by Gasteiger charge is 2.29. The van der Waals surface area contributed by atoms with Gasteiger partial charge >= 0.3 is 0 Å². The molecule has 4 rings (SSSR count). The number of hydrogen-bond acceptors (Lipinski definition) is 3. The summed E-state index contributed by atoms with van der Waals surface area (Å²) in [6.45, 7) is 2.30. The molecule has 2 aromatic carbocycles. The lowest BCUT2D eigenvalue weighted by molar-refractivity contribution is -0.131. The Balaban J connectivity index is 1.51. The van der Waals surface area contributed by atoms with Gasteiger partial charge in [-0.1, -0.05) is 36.4 Å². The van der Waals surface area contributed by atoms with Crippen LogP contribution in [0.25, 0.3) is 17.0 Å². The molecule has 2 amide bonds. The average molecular weight is 403 g/mol. The normalized spacial score (nSPS) is 15.5. The fraction of sp³-hybridized carbons (Fsp3) is 0.250. The number of rotatable bonds is 6. The van der Waals surface area contributed by atoms with Gasteiger partial charge in [0.2, 0.25) is 5.91 Å². The molecular formula is C24H25N3O3. The van der Waals surface area contributed by atoms with Gasteiger partial charge in [0.1, 0.15) is 0 Å². The predicted molar refractivity (Wildman–Crippen MR) is 116 cm³/mol. The van der Waals surface area contributed by atoms with Crippen LogP contribution in [-0.2, 0) is 22.4 Å². The van der Waals surface area contributed by atoms with Crippen molar-refractivity contribution < 1.29 is 14.8 Å². The first kappa shape index (κ1) is 19.9. The number of para-hydroxylation sites is 1. The SMILES string of the molecule is CC(=O)N(CCc1c[nH]c2ccccc12)C1CCc2cc(C=CC(=O)NO)ccc21. The Morgan fingerprint density at radius 1 is 1.27 bits per heavy atom. The predicted octanol–water partition coefficient (Wildman–Crippen LogP) is 3.77. The molecule has 3 aromatic rings. The standard InChI is InChI=1S/C24H25N3O3/c1-16(28)27(13-12-19-15-25-22-5-3-2-4-20(19)22)23-10-8-18-14-17(6-9-21(18)23)7-11-24(29)26-30/h2-7,9,11,14-15,23,25,30H,8,10,12-13H2,1H3,(H,26,29). The summed E-state index contributed by atoms with van der Waals surface area (Å²) >= 11 is 0. The minimum atomic E-state index is -0.562. The summed E-state index contributed by atoms with van der Waals surface area (Å²) in [6.07, 6.45) is 7.58. The molecule has 154 valence electrons. The van der Waals surface area contributed by atoms with E-state index >= 15 is 0 Å². The summed E-state index contributed by atoms with van der Waals surface area (Å²) in [5.74, 6) is -0.482. The van der Waals surface area contributed by atoms with E-state index in [2.05, 4.69) is 23.2 Å². The fourth-order valence-corrected chi connectivity index (χ4v) is 4.36. The number of aryl methyl sites for hydroxylation is 1. The van der Waals surface area contributed by atoms with Crippen molar-refractivity contribution in [2.45, 2.75) is 32.2 Å². The third-order valence-corrected chi connectivity index (χ3v) is 5.83. The largest absolute Gasteiger partial charge is 0.361 e. The number of carbonyl (C=O) groups excluding carboxylic acids is 2. The molecular weight excluding hydrogens is 378 g/mol. The summed E-state index contributed by atoms with van der Waals surface area (Å²) in [6, 6.07) is 14.3. The van der Waals surface area contributed by atoms with Crippen LogP contribution in [-0.4, -0.2) is 33.5 Å². The van der Waals surface area contributed by atoms with Crippen LogP contribution in [0.2, 0.25) is 0 Å². The zero-order valence-electron chi connectivity index (χ0n) is 16.9. The maximum atomic E-state index is 12.5. The molecule has 6 heteroatoms. The van der Waals surface area contributed by atoms with Crippen LogP contribution in [0, 0.1) is 0 Å². The summed E-state index contributed by atoms with van der Waals surface area (Å²) in [5, 5.41) is 9.81. The molecule has 1 aromatic heterocycles. The molecule has 0 radical (unpaired) electrons. The Labute approximate surface area is 175 Å². The molecule has 1 aliphatic carbocycles. The number of benzene rings is 2. The van der Waals surface area contributed by atoms with Gasteiger partial charge in [-0.3, -0.25) is 14.8 Å². The van der Waals surface area contributed by atoms with Crippen LogP contribution in [0.1, 0.15) is 41.6 Å². The summed E-state index contributed by atoms with van der Waals surface area (Å²) in [7, 11) is 0. The van der Waals surface area contributed by atoms with Gasteiger partial charge in [0, 0.05) is 36.6 Å². The van der Waals surface area contributed by atoms with Crippen molar-refractivity contribution in [3.63, 3.8) is 0 Å². The Kier molecular flexibility index (Phi) is 5.68. The van der Waals surface area contributed by atoms with Gasteiger partial charge in [-0.15, -0.1) is 0 Å². The number of carbonyl (C=O) groups is 2. The zero-order chi connectivity index (χ0) is 21.1. The van der Waals surface area contributed by atoms with Crippen molar-refractivity contribution >= 4 is 28.8 Å². The lowest BCUT2D eigenvalue weighted by Crippen LogP contribution is -2.33. The molecule has 1 heterocycles. The van der Waals surface area contributed by atoms with Crippen molar-refractivity contribution in [3.05, 3.63) is 77.0 Å². The van der Waals surface area contributed by atoms with E-state index in [-0.39, 0.29) is 11.9 Å². The lowest BCUT2D eigenvalue weighted by Gasteiger charge is -2.29. The molecule has 0 spiro atoms. The van der Waals surface area contributed by atoms with Crippen LogP contribution in [0.15, 0.2) is 54.7 Å². The lowest BCUT2D eigenvalue weighted by atomic mass is 10.0. The van der Waals surface area contributed by atoms with Gasteiger partial charge in [0.15, 0.2) is 0 Å². The second-order valence-electron chi connectivity index (χ2n) is 7.64. The van der Waals surface area contributed by atoms with Gasteiger partial charge in [0.05, 0.1) is 6.04 Å². The second kappa shape index (κ2) is 8.55.